The summed E-state index contributed by atoms with van der Waals surface area (Å²) >= 11 is 0. The average molecular weight is 276 g/mol. The number of nitrogens with one attached hydrogen (secondary N) is 1. The van der Waals surface area contributed by atoms with Crippen LogP contribution in [0.15, 0.2) is 24.3 Å². The van der Waals surface area contributed by atoms with E-state index in [1.165, 1.54) is 0 Å². The third-order valence-electron chi connectivity index (χ3n) is 3.41. The van der Waals surface area contributed by atoms with Gasteiger partial charge in [0.05, 0.1) is 24.3 Å². The Morgan fingerprint density at radius 1 is 1.25 bits per heavy atom. The first-order chi connectivity index (χ1) is 9.36. The first-order valence-electron chi connectivity index (χ1n) is 6.88. The fourth-order valence-corrected chi connectivity index (χ4v) is 1.80. The van der Waals surface area contributed by atoms with Gasteiger partial charge in [0.25, 0.3) is 0 Å². The SMILES string of the molecule is CC(C)(C)C(O)CC(CO)NCc1ccc(C#N)cc1. The molecule has 0 aliphatic rings. The number of aliphatic hydroxyl groups excluding tert-OH is 2. The largest absolute Gasteiger partial charge is 0.395 e. The highest BCUT2D eigenvalue weighted by Crippen LogP contribution is 2.22. The molecule has 0 radical (unpaired) electrons. The van der Waals surface area contributed by atoms with Crippen molar-refractivity contribution in [2.24, 2.45) is 5.41 Å². The molecule has 0 saturated carbocycles. The van der Waals surface area contributed by atoms with Gasteiger partial charge in [0, 0.05) is 12.6 Å². The fourth-order valence-electron chi connectivity index (χ4n) is 1.80. The molecule has 0 amide bonds. The normalized spacial score (nSPS) is 14.6. The summed E-state index contributed by atoms with van der Waals surface area (Å²) in [7, 11) is 0. The van der Waals surface area contributed by atoms with E-state index in [4.69, 9.17) is 5.26 Å². The van der Waals surface area contributed by atoms with Crippen LogP contribution in [0, 0.1) is 16.7 Å². The van der Waals surface area contributed by atoms with Gasteiger partial charge in [-0.25, -0.2) is 0 Å². The lowest BCUT2D eigenvalue weighted by Gasteiger charge is -2.29. The Morgan fingerprint density at radius 2 is 1.85 bits per heavy atom. The zero-order valence-electron chi connectivity index (χ0n) is 12.4. The van der Waals surface area contributed by atoms with Gasteiger partial charge >= 0.3 is 0 Å². The molecule has 0 saturated heterocycles. The number of hydrogen-bond donors (Lipinski definition) is 3. The minimum atomic E-state index is -0.465. The molecule has 20 heavy (non-hydrogen) atoms. The van der Waals surface area contributed by atoms with Gasteiger partial charge < -0.3 is 15.5 Å². The summed E-state index contributed by atoms with van der Waals surface area (Å²) in [6.45, 7) is 6.53. The van der Waals surface area contributed by atoms with E-state index in [-0.39, 0.29) is 18.1 Å². The number of benzene rings is 1. The number of aliphatic hydroxyl groups is 2. The Labute approximate surface area is 121 Å². The number of nitrogens with zero attached hydrogens (tertiary/aromatic N) is 1. The maximum atomic E-state index is 10.1. The molecule has 2 unspecified atom stereocenters. The van der Waals surface area contributed by atoms with Gasteiger partial charge in [0.1, 0.15) is 0 Å². The molecule has 0 aromatic heterocycles. The van der Waals surface area contributed by atoms with E-state index in [9.17, 15) is 10.2 Å². The number of nitriles is 1. The molecule has 4 heteroatoms. The molecule has 3 N–H and O–H groups in total. The first-order valence-corrected chi connectivity index (χ1v) is 6.88. The topological polar surface area (TPSA) is 76.3 Å². The molecule has 1 rings (SSSR count). The fraction of sp³-hybridized carbons (Fsp3) is 0.562. The molecule has 1 aromatic rings. The van der Waals surface area contributed by atoms with Crippen molar-refractivity contribution in [1.29, 1.82) is 5.26 Å². The summed E-state index contributed by atoms with van der Waals surface area (Å²) in [5, 5.41) is 31.4. The van der Waals surface area contributed by atoms with Crippen LogP contribution in [0.25, 0.3) is 0 Å². The van der Waals surface area contributed by atoms with Crippen molar-refractivity contribution in [3.8, 4) is 6.07 Å². The second kappa shape index (κ2) is 7.39. The van der Waals surface area contributed by atoms with Crippen LogP contribution >= 0.6 is 0 Å². The van der Waals surface area contributed by atoms with E-state index < -0.39 is 6.10 Å². The Hall–Kier alpha value is -1.41. The van der Waals surface area contributed by atoms with Crippen LogP contribution in [0.4, 0.5) is 0 Å². The van der Waals surface area contributed by atoms with E-state index >= 15 is 0 Å². The monoisotopic (exact) mass is 276 g/mol. The Kier molecular flexibility index (Phi) is 6.15. The molecule has 0 aliphatic heterocycles. The van der Waals surface area contributed by atoms with Crippen molar-refractivity contribution in [1.82, 2.24) is 5.32 Å². The molecule has 0 bridgehead atoms. The van der Waals surface area contributed by atoms with Gasteiger partial charge in [-0.15, -0.1) is 0 Å². The minimum Gasteiger partial charge on any atom is -0.395 e. The molecule has 2 atom stereocenters. The molecule has 4 nitrogen and oxygen atoms in total. The van der Waals surface area contributed by atoms with Crippen LogP contribution in [0.2, 0.25) is 0 Å². The Morgan fingerprint density at radius 3 is 2.30 bits per heavy atom. The van der Waals surface area contributed by atoms with Crippen molar-refractivity contribution in [3.05, 3.63) is 35.4 Å². The highest BCUT2D eigenvalue weighted by Gasteiger charge is 2.25. The van der Waals surface area contributed by atoms with E-state index in [1.54, 1.807) is 12.1 Å². The van der Waals surface area contributed by atoms with E-state index in [0.717, 1.165) is 5.56 Å². The summed E-state index contributed by atoms with van der Waals surface area (Å²) in [6, 6.07) is 9.26. The van der Waals surface area contributed by atoms with Crippen molar-refractivity contribution in [3.63, 3.8) is 0 Å². The van der Waals surface area contributed by atoms with E-state index in [1.807, 2.05) is 32.9 Å². The van der Waals surface area contributed by atoms with Gasteiger partial charge in [-0.2, -0.15) is 5.26 Å². The minimum absolute atomic E-state index is 0.0105. The standard InChI is InChI=1S/C16H24N2O2/c1-16(2,3)15(20)8-14(11-19)18-10-13-6-4-12(9-17)5-7-13/h4-7,14-15,18-20H,8,10-11H2,1-3H3. The molecular formula is C16H24N2O2. The summed E-state index contributed by atoms with van der Waals surface area (Å²) < 4.78 is 0. The lowest BCUT2D eigenvalue weighted by atomic mass is 9.85. The number of hydrogen-bond acceptors (Lipinski definition) is 4. The van der Waals surface area contributed by atoms with Crippen LogP contribution in [0.1, 0.15) is 38.3 Å². The number of rotatable bonds is 6. The lowest BCUT2D eigenvalue weighted by molar-refractivity contribution is 0.0389. The summed E-state index contributed by atoms with van der Waals surface area (Å²) in [5.74, 6) is 0. The third kappa shape index (κ3) is 5.30. The highest BCUT2D eigenvalue weighted by atomic mass is 16.3. The third-order valence-corrected chi connectivity index (χ3v) is 3.41. The van der Waals surface area contributed by atoms with Crippen LogP contribution in [-0.2, 0) is 6.54 Å². The van der Waals surface area contributed by atoms with Crippen LogP contribution < -0.4 is 5.32 Å². The van der Waals surface area contributed by atoms with Crippen LogP contribution in [0.3, 0.4) is 0 Å². The van der Waals surface area contributed by atoms with Gasteiger partial charge in [-0.1, -0.05) is 32.9 Å². The van der Waals surface area contributed by atoms with Crippen molar-refractivity contribution >= 4 is 0 Å². The second-order valence-electron chi connectivity index (χ2n) is 6.19. The summed E-state index contributed by atoms with van der Waals surface area (Å²) in [6.07, 6.45) is 0.0455. The summed E-state index contributed by atoms with van der Waals surface area (Å²) in [4.78, 5) is 0. The molecule has 1 aromatic carbocycles. The highest BCUT2D eigenvalue weighted by molar-refractivity contribution is 5.31. The molecule has 0 spiro atoms. The van der Waals surface area contributed by atoms with Crippen molar-refractivity contribution < 1.29 is 10.2 Å². The quantitative estimate of drug-likeness (QED) is 0.740. The Bertz CT molecular complexity index is 443. The molecular weight excluding hydrogens is 252 g/mol. The van der Waals surface area contributed by atoms with Crippen molar-refractivity contribution in [2.45, 2.75) is 45.9 Å². The van der Waals surface area contributed by atoms with Crippen LogP contribution in [-0.4, -0.2) is 29.0 Å². The predicted molar refractivity (Wildman–Crippen MR) is 78.9 cm³/mol. The van der Waals surface area contributed by atoms with Gasteiger partial charge in [-0.05, 0) is 29.5 Å². The predicted octanol–water partition coefficient (Wildman–Crippen LogP) is 1.81. The molecule has 0 aliphatic carbocycles. The zero-order chi connectivity index (χ0) is 15.2. The van der Waals surface area contributed by atoms with E-state index in [2.05, 4.69) is 11.4 Å². The smallest absolute Gasteiger partial charge is 0.0991 e. The molecule has 0 heterocycles. The van der Waals surface area contributed by atoms with Gasteiger partial charge in [-0.3, -0.25) is 0 Å². The Balaban J connectivity index is 2.50. The molecule has 0 fully saturated rings. The summed E-state index contributed by atoms with van der Waals surface area (Å²) in [5.41, 5.74) is 1.49. The van der Waals surface area contributed by atoms with Crippen molar-refractivity contribution in [2.75, 3.05) is 6.61 Å². The lowest BCUT2D eigenvalue weighted by Crippen LogP contribution is -2.39. The zero-order valence-corrected chi connectivity index (χ0v) is 12.4. The second-order valence-corrected chi connectivity index (χ2v) is 6.19. The maximum absolute atomic E-state index is 10.1. The first kappa shape index (κ1) is 16.6. The van der Waals surface area contributed by atoms with E-state index in [0.29, 0.717) is 18.5 Å². The molecule has 110 valence electrons. The average Bonchev–Trinajstić information content (AvgIpc) is 2.42. The van der Waals surface area contributed by atoms with Gasteiger partial charge in [0.2, 0.25) is 0 Å². The van der Waals surface area contributed by atoms with Crippen LogP contribution in [0.5, 0.6) is 0 Å². The maximum Gasteiger partial charge on any atom is 0.0991 e. The van der Waals surface area contributed by atoms with Gasteiger partial charge in [0.15, 0.2) is 0 Å².